The summed E-state index contributed by atoms with van der Waals surface area (Å²) in [6.07, 6.45) is 1.78. The number of nitrogens with zero attached hydrogens (tertiary/aromatic N) is 2. The SMILES string of the molecule is Cc1c[n+](C)c(C(=O)O)n1C. The molecule has 0 aromatic carbocycles. The zero-order chi connectivity index (χ0) is 8.59. The van der Waals surface area contributed by atoms with Gasteiger partial charge in [-0.25, -0.2) is 13.9 Å². The average Bonchev–Trinajstić information content (AvgIpc) is 2.07. The van der Waals surface area contributed by atoms with E-state index in [9.17, 15) is 4.79 Å². The largest absolute Gasteiger partial charge is 0.472 e. The minimum atomic E-state index is -0.900. The number of carbonyl (C=O) groups is 1. The maximum Gasteiger partial charge on any atom is 0.419 e. The molecule has 1 N–H and O–H groups in total. The number of carboxylic acids is 1. The summed E-state index contributed by atoms with van der Waals surface area (Å²) in [5.74, 6) is -0.606. The van der Waals surface area contributed by atoms with E-state index >= 15 is 0 Å². The summed E-state index contributed by atoms with van der Waals surface area (Å²) in [6, 6.07) is 0. The van der Waals surface area contributed by atoms with Gasteiger partial charge >= 0.3 is 11.8 Å². The zero-order valence-corrected chi connectivity index (χ0v) is 6.83. The first-order chi connectivity index (χ1) is 5.04. The first-order valence-electron chi connectivity index (χ1n) is 3.29. The fraction of sp³-hybridized carbons (Fsp3) is 0.429. The Balaban J connectivity index is 3.34. The number of aromatic nitrogens is 2. The molecule has 0 fully saturated rings. The van der Waals surface area contributed by atoms with Crippen molar-refractivity contribution in [2.45, 2.75) is 6.92 Å². The predicted molar refractivity (Wildman–Crippen MR) is 38.3 cm³/mol. The molecule has 0 saturated heterocycles. The lowest BCUT2D eigenvalue weighted by atomic mass is 10.5. The van der Waals surface area contributed by atoms with Gasteiger partial charge in [0.1, 0.15) is 11.9 Å². The van der Waals surface area contributed by atoms with Crippen LogP contribution in [0.1, 0.15) is 16.3 Å². The average molecular weight is 155 g/mol. The van der Waals surface area contributed by atoms with Gasteiger partial charge in [0.25, 0.3) is 0 Å². The van der Waals surface area contributed by atoms with Crippen molar-refractivity contribution in [1.29, 1.82) is 0 Å². The van der Waals surface area contributed by atoms with Gasteiger partial charge in [0.05, 0.1) is 14.1 Å². The van der Waals surface area contributed by atoms with E-state index in [1.54, 1.807) is 29.4 Å². The Bertz CT molecular complexity index is 302. The first-order valence-corrected chi connectivity index (χ1v) is 3.29. The third-order valence-corrected chi connectivity index (χ3v) is 1.75. The maximum atomic E-state index is 10.6. The lowest BCUT2D eigenvalue weighted by Crippen LogP contribution is -2.34. The van der Waals surface area contributed by atoms with Gasteiger partial charge in [0, 0.05) is 6.92 Å². The van der Waals surface area contributed by atoms with Gasteiger partial charge in [-0.1, -0.05) is 0 Å². The van der Waals surface area contributed by atoms with Crippen LogP contribution >= 0.6 is 0 Å². The zero-order valence-electron chi connectivity index (χ0n) is 6.83. The van der Waals surface area contributed by atoms with Crippen LogP contribution in [0.25, 0.3) is 0 Å². The molecule has 0 spiro atoms. The highest BCUT2D eigenvalue weighted by Gasteiger charge is 2.22. The van der Waals surface area contributed by atoms with Crippen LogP contribution < -0.4 is 4.57 Å². The van der Waals surface area contributed by atoms with Crippen molar-refractivity contribution in [1.82, 2.24) is 4.57 Å². The third kappa shape index (κ3) is 1.11. The van der Waals surface area contributed by atoms with E-state index in [2.05, 4.69) is 0 Å². The Morgan fingerprint density at radius 2 is 2.27 bits per heavy atom. The second-order valence-electron chi connectivity index (χ2n) is 2.57. The van der Waals surface area contributed by atoms with E-state index in [1.807, 2.05) is 6.92 Å². The van der Waals surface area contributed by atoms with E-state index in [0.29, 0.717) is 5.82 Å². The summed E-state index contributed by atoms with van der Waals surface area (Å²) in [7, 11) is 3.45. The summed E-state index contributed by atoms with van der Waals surface area (Å²) in [5, 5.41) is 8.72. The van der Waals surface area contributed by atoms with Crippen LogP contribution in [-0.2, 0) is 14.1 Å². The lowest BCUT2D eigenvalue weighted by molar-refractivity contribution is -0.673. The van der Waals surface area contributed by atoms with E-state index in [1.165, 1.54) is 0 Å². The summed E-state index contributed by atoms with van der Waals surface area (Å²) >= 11 is 0. The highest BCUT2D eigenvalue weighted by Crippen LogP contribution is 1.97. The molecule has 0 aliphatic carbocycles. The first kappa shape index (κ1) is 7.78. The van der Waals surface area contributed by atoms with Crippen molar-refractivity contribution < 1.29 is 14.5 Å². The molecule has 0 atom stereocenters. The smallest absolute Gasteiger partial charge is 0.419 e. The van der Waals surface area contributed by atoms with Crippen LogP contribution in [0.5, 0.6) is 0 Å². The second-order valence-corrected chi connectivity index (χ2v) is 2.57. The molecular weight excluding hydrogens is 144 g/mol. The van der Waals surface area contributed by atoms with Crippen LogP contribution in [-0.4, -0.2) is 15.6 Å². The Hall–Kier alpha value is -1.32. The number of aryl methyl sites for hydroxylation is 2. The molecule has 11 heavy (non-hydrogen) atoms. The third-order valence-electron chi connectivity index (χ3n) is 1.75. The van der Waals surface area contributed by atoms with E-state index < -0.39 is 5.97 Å². The molecule has 1 heterocycles. The van der Waals surface area contributed by atoms with Gasteiger partial charge in [-0.2, -0.15) is 0 Å². The van der Waals surface area contributed by atoms with Crippen molar-refractivity contribution in [3.05, 3.63) is 17.7 Å². The van der Waals surface area contributed by atoms with Gasteiger partial charge in [-0.3, -0.25) is 0 Å². The summed E-state index contributed by atoms with van der Waals surface area (Å²) < 4.78 is 3.24. The van der Waals surface area contributed by atoms with Crippen molar-refractivity contribution in [3.8, 4) is 0 Å². The molecule has 0 aliphatic heterocycles. The molecule has 1 rings (SSSR count). The van der Waals surface area contributed by atoms with Crippen LogP contribution in [0.4, 0.5) is 0 Å². The molecule has 0 radical (unpaired) electrons. The van der Waals surface area contributed by atoms with Crippen LogP contribution in [0, 0.1) is 6.92 Å². The number of rotatable bonds is 1. The predicted octanol–water partition coefficient (Wildman–Crippen LogP) is -0.144. The van der Waals surface area contributed by atoms with Gasteiger partial charge in [0.15, 0.2) is 0 Å². The topological polar surface area (TPSA) is 46.1 Å². The molecule has 0 aliphatic rings. The Kier molecular flexibility index (Phi) is 1.68. The molecule has 1 aromatic rings. The number of carboxylic acid groups (broad SMARTS) is 1. The van der Waals surface area contributed by atoms with Crippen molar-refractivity contribution >= 4 is 5.97 Å². The fourth-order valence-corrected chi connectivity index (χ4v) is 1.13. The van der Waals surface area contributed by atoms with Gasteiger partial charge < -0.3 is 5.11 Å². The Morgan fingerprint density at radius 1 is 1.73 bits per heavy atom. The molecule has 60 valence electrons. The van der Waals surface area contributed by atoms with Crippen LogP contribution in [0.2, 0.25) is 0 Å². The molecule has 0 unspecified atom stereocenters. The minimum absolute atomic E-state index is 0.294. The van der Waals surface area contributed by atoms with Crippen LogP contribution in [0.15, 0.2) is 6.20 Å². The minimum Gasteiger partial charge on any atom is -0.472 e. The molecule has 0 saturated carbocycles. The monoisotopic (exact) mass is 155 g/mol. The Labute approximate surface area is 64.7 Å². The van der Waals surface area contributed by atoms with Crippen molar-refractivity contribution in [2.24, 2.45) is 14.1 Å². The molecule has 0 amide bonds. The summed E-state index contributed by atoms with van der Waals surface area (Å²) in [6.45, 7) is 1.87. The van der Waals surface area contributed by atoms with E-state index in [0.717, 1.165) is 5.69 Å². The van der Waals surface area contributed by atoms with Crippen molar-refractivity contribution in [2.75, 3.05) is 0 Å². The number of aromatic carboxylic acids is 1. The van der Waals surface area contributed by atoms with Crippen LogP contribution in [0.3, 0.4) is 0 Å². The standard InChI is InChI=1S/C7H10N2O2/c1-5-4-8(2)6(7(10)11)9(5)3/h4H,1-3H3/p+1. The number of imidazole rings is 1. The van der Waals surface area contributed by atoms with Gasteiger partial charge in [0.2, 0.25) is 0 Å². The summed E-state index contributed by atoms with van der Waals surface area (Å²) in [4.78, 5) is 10.6. The highest BCUT2D eigenvalue weighted by atomic mass is 16.4. The quantitative estimate of drug-likeness (QED) is 0.573. The molecule has 4 heteroatoms. The summed E-state index contributed by atoms with van der Waals surface area (Å²) in [5.41, 5.74) is 0.935. The number of hydrogen-bond acceptors (Lipinski definition) is 1. The maximum absolute atomic E-state index is 10.6. The second kappa shape index (κ2) is 2.38. The molecule has 4 nitrogen and oxygen atoms in total. The van der Waals surface area contributed by atoms with E-state index in [4.69, 9.17) is 5.11 Å². The van der Waals surface area contributed by atoms with Gasteiger partial charge in [-0.15, -0.1) is 0 Å². The number of hydrogen-bond donors (Lipinski definition) is 1. The molecular formula is C7H11N2O2+. The Morgan fingerprint density at radius 3 is 2.45 bits per heavy atom. The van der Waals surface area contributed by atoms with E-state index in [-0.39, 0.29) is 0 Å². The highest BCUT2D eigenvalue weighted by molar-refractivity contribution is 5.81. The molecule has 1 aromatic heterocycles. The fourth-order valence-electron chi connectivity index (χ4n) is 1.13. The molecule has 0 bridgehead atoms. The lowest BCUT2D eigenvalue weighted by Gasteiger charge is -1.89. The van der Waals surface area contributed by atoms with Crippen molar-refractivity contribution in [3.63, 3.8) is 0 Å². The van der Waals surface area contributed by atoms with Gasteiger partial charge in [-0.05, 0) is 0 Å². The normalized spacial score (nSPS) is 10.1.